The molecule has 1 aliphatic heterocycles. The van der Waals surface area contributed by atoms with E-state index in [1.54, 1.807) is 11.3 Å². The monoisotopic (exact) mass is 225 g/mol. The second-order valence-electron chi connectivity index (χ2n) is 4.62. The predicted molar refractivity (Wildman–Crippen MR) is 64.1 cm³/mol. The van der Waals surface area contributed by atoms with Gasteiger partial charge < -0.3 is 5.73 Å². The molecule has 2 rings (SSSR count). The van der Waals surface area contributed by atoms with E-state index in [4.69, 9.17) is 5.73 Å². The number of hydrogen-bond acceptors (Lipinski definition) is 4. The van der Waals surface area contributed by atoms with Crippen molar-refractivity contribution >= 4 is 11.3 Å². The molecule has 0 radical (unpaired) electrons. The number of nitrogens with two attached hydrogens (primary N) is 1. The van der Waals surface area contributed by atoms with Crippen LogP contribution in [0.15, 0.2) is 5.38 Å². The van der Waals surface area contributed by atoms with Crippen LogP contribution in [-0.2, 0) is 6.54 Å². The van der Waals surface area contributed by atoms with Gasteiger partial charge in [0.15, 0.2) is 0 Å². The molecule has 1 atom stereocenters. The number of rotatable bonds is 3. The average molecular weight is 225 g/mol. The summed E-state index contributed by atoms with van der Waals surface area (Å²) in [6.45, 7) is 7.49. The molecule has 1 saturated heterocycles. The van der Waals surface area contributed by atoms with Crippen LogP contribution in [0.5, 0.6) is 0 Å². The maximum Gasteiger partial charge on any atom is 0.0954 e. The standard InChI is InChI=1S/C11H19N3S/c1-8(2)11-13-10(7-15-11)6-14-4-3-9(12)5-14/h7-9H,3-6,12H2,1-2H3. The molecule has 0 aromatic carbocycles. The van der Waals surface area contributed by atoms with E-state index in [9.17, 15) is 0 Å². The van der Waals surface area contributed by atoms with Crippen LogP contribution in [0.1, 0.15) is 36.9 Å². The summed E-state index contributed by atoms with van der Waals surface area (Å²) < 4.78 is 0. The Labute approximate surface area is 95.3 Å². The maximum atomic E-state index is 5.87. The van der Waals surface area contributed by atoms with E-state index < -0.39 is 0 Å². The van der Waals surface area contributed by atoms with Crippen molar-refractivity contribution in [2.24, 2.45) is 5.73 Å². The van der Waals surface area contributed by atoms with Crippen molar-refractivity contribution in [2.75, 3.05) is 13.1 Å². The lowest BCUT2D eigenvalue weighted by molar-refractivity contribution is 0.323. The minimum absolute atomic E-state index is 0.369. The summed E-state index contributed by atoms with van der Waals surface area (Å²) in [7, 11) is 0. The molecular formula is C11H19N3S. The highest BCUT2D eigenvalue weighted by Gasteiger charge is 2.19. The Bertz CT molecular complexity index is 321. The molecule has 0 amide bonds. The Morgan fingerprint density at radius 2 is 2.47 bits per heavy atom. The third kappa shape index (κ3) is 2.77. The van der Waals surface area contributed by atoms with E-state index in [2.05, 4.69) is 29.1 Å². The van der Waals surface area contributed by atoms with Crippen molar-refractivity contribution in [1.29, 1.82) is 0 Å². The van der Waals surface area contributed by atoms with Gasteiger partial charge in [0.25, 0.3) is 0 Å². The van der Waals surface area contributed by atoms with Crippen molar-refractivity contribution in [2.45, 2.75) is 38.8 Å². The summed E-state index contributed by atoms with van der Waals surface area (Å²) in [5, 5.41) is 3.42. The third-order valence-corrected chi connectivity index (χ3v) is 3.95. The van der Waals surface area contributed by atoms with E-state index in [0.717, 1.165) is 26.1 Å². The highest BCUT2D eigenvalue weighted by Crippen LogP contribution is 2.20. The van der Waals surface area contributed by atoms with Gasteiger partial charge in [0.2, 0.25) is 0 Å². The lowest BCUT2D eigenvalue weighted by atomic mass is 10.2. The topological polar surface area (TPSA) is 42.2 Å². The molecule has 1 fully saturated rings. The van der Waals surface area contributed by atoms with Gasteiger partial charge in [-0.25, -0.2) is 4.98 Å². The Kier molecular flexibility index (Phi) is 3.38. The molecule has 0 bridgehead atoms. The Morgan fingerprint density at radius 1 is 1.67 bits per heavy atom. The molecule has 2 N–H and O–H groups in total. The van der Waals surface area contributed by atoms with Crippen LogP contribution in [-0.4, -0.2) is 29.0 Å². The molecule has 0 aliphatic carbocycles. The first-order chi connectivity index (χ1) is 7.15. The predicted octanol–water partition coefficient (Wildman–Crippen LogP) is 1.80. The van der Waals surface area contributed by atoms with Crippen molar-refractivity contribution in [3.8, 4) is 0 Å². The van der Waals surface area contributed by atoms with Gasteiger partial charge in [0, 0.05) is 37.0 Å². The minimum Gasteiger partial charge on any atom is -0.326 e. The summed E-state index contributed by atoms with van der Waals surface area (Å²) in [5.74, 6) is 0.546. The molecule has 1 aliphatic rings. The van der Waals surface area contributed by atoms with Crippen molar-refractivity contribution < 1.29 is 0 Å². The molecule has 0 saturated carbocycles. The molecule has 3 nitrogen and oxygen atoms in total. The summed E-state index contributed by atoms with van der Waals surface area (Å²) in [4.78, 5) is 7.03. The van der Waals surface area contributed by atoms with Crippen LogP contribution in [0, 0.1) is 0 Å². The fourth-order valence-electron chi connectivity index (χ4n) is 1.90. The molecule has 2 heterocycles. The largest absolute Gasteiger partial charge is 0.326 e. The molecule has 15 heavy (non-hydrogen) atoms. The van der Waals surface area contributed by atoms with Gasteiger partial charge in [-0.3, -0.25) is 4.90 Å². The summed E-state index contributed by atoms with van der Waals surface area (Å²) in [5.41, 5.74) is 7.08. The molecule has 1 aromatic heterocycles. The number of hydrogen-bond donors (Lipinski definition) is 1. The van der Waals surface area contributed by atoms with Crippen molar-refractivity contribution in [1.82, 2.24) is 9.88 Å². The highest BCUT2D eigenvalue weighted by atomic mass is 32.1. The number of likely N-dealkylation sites (tertiary alicyclic amines) is 1. The number of nitrogens with zero attached hydrogens (tertiary/aromatic N) is 2. The summed E-state index contributed by atoms with van der Waals surface area (Å²) >= 11 is 1.77. The van der Waals surface area contributed by atoms with E-state index in [-0.39, 0.29) is 0 Å². The van der Waals surface area contributed by atoms with Crippen LogP contribution < -0.4 is 5.73 Å². The Hall–Kier alpha value is -0.450. The second-order valence-corrected chi connectivity index (χ2v) is 5.51. The zero-order valence-electron chi connectivity index (χ0n) is 9.44. The number of aromatic nitrogens is 1. The lowest BCUT2D eigenvalue weighted by Gasteiger charge is -2.12. The van der Waals surface area contributed by atoms with Gasteiger partial charge in [-0.2, -0.15) is 0 Å². The zero-order chi connectivity index (χ0) is 10.8. The third-order valence-electron chi connectivity index (χ3n) is 2.76. The van der Waals surface area contributed by atoms with Gasteiger partial charge in [-0.15, -0.1) is 11.3 Å². The average Bonchev–Trinajstić information content (AvgIpc) is 2.76. The van der Waals surface area contributed by atoms with E-state index in [0.29, 0.717) is 12.0 Å². The fraction of sp³-hybridized carbons (Fsp3) is 0.727. The molecule has 4 heteroatoms. The van der Waals surface area contributed by atoms with Gasteiger partial charge in [-0.05, 0) is 6.42 Å². The van der Waals surface area contributed by atoms with Gasteiger partial charge >= 0.3 is 0 Å². The first-order valence-electron chi connectivity index (χ1n) is 5.57. The van der Waals surface area contributed by atoms with Crippen LogP contribution in [0.2, 0.25) is 0 Å². The second kappa shape index (κ2) is 4.60. The quantitative estimate of drug-likeness (QED) is 0.853. The molecule has 1 aromatic rings. The molecule has 84 valence electrons. The van der Waals surface area contributed by atoms with E-state index in [1.165, 1.54) is 10.7 Å². The van der Waals surface area contributed by atoms with Gasteiger partial charge in [0.1, 0.15) is 0 Å². The normalized spacial score (nSPS) is 22.8. The summed E-state index contributed by atoms with van der Waals surface area (Å²) in [6.07, 6.45) is 1.13. The molecular weight excluding hydrogens is 206 g/mol. The summed E-state index contributed by atoms with van der Waals surface area (Å²) in [6, 6.07) is 0.369. The van der Waals surface area contributed by atoms with Crippen LogP contribution in [0.25, 0.3) is 0 Å². The molecule has 1 unspecified atom stereocenters. The fourth-order valence-corrected chi connectivity index (χ4v) is 2.72. The first kappa shape index (κ1) is 11.0. The maximum absolute atomic E-state index is 5.87. The Morgan fingerprint density at radius 3 is 3.00 bits per heavy atom. The molecule has 0 spiro atoms. The smallest absolute Gasteiger partial charge is 0.0954 e. The van der Waals surface area contributed by atoms with E-state index >= 15 is 0 Å². The van der Waals surface area contributed by atoms with Crippen molar-refractivity contribution in [3.63, 3.8) is 0 Å². The minimum atomic E-state index is 0.369. The van der Waals surface area contributed by atoms with Crippen LogP contribution >= 0.6 is 11.3 Å². The van der Waals surface area contributed by atoms with Crippen molar-refractivity contribution in [3.05, 3.63) is 16.1 Å². The SMILES string of the molecule is CC(C)c1nc(CN2CCC(N)C2)cs1. The highest BCUT2D eigenvalue weighted by molar-refractivity contribution is 7.09. The van der Waals surface area contributed by atoms with Gasteiger partial charge in [-0.1, -0.05) is 13.8 Å². The van der Waals surface area contributed by atoms with Crippen LogP contribution in [0.3, 0.4) is 0 Å². The van der Waals surface area contributed by atoms with E-state index in [1.807, 2.05) is 0 Å². The lowest BCUT2D eigenvalue weighted by Crippen LogP contribution is -2.26. The Balaban J connectivity index is 1.93. The number of thiazole rings is 1. The first-order valence-corrected chi connectivity index (χ1v) is 6.45. The van der Waals surface area contributed by atoms with Gasteiger partial charge in [0.05, 0.1) is 10.7 Å². The zero-order valence-corrected chi connectivity index (χ0v) is 10.3. The van der Waals surface area contributed by atoms with Crippen LogP contribution in [0.4, 0.5) is 0 Å².